The van der Waals surface area contributed by atoms with Crippen molar-refractivity contribution in [3.8, 4) is 11.5 Å². The fraction of sp³-hybridized carbons (Fsp3) is 0. The predicted octanol–water partition coefficient (Wildman–Crippen LogP) is 3.14. The van der Waals surface area contributed by atoms with Gasteiger partial charge < -0.3 is 15.7 Å². The van der Waals surface area contributed by atoms with Crippen LogP contribution in [0.15, 0.2) is 47.6 Å². The Morgan fingerprint density at radius 1 is 1.33 bits per heavy atom. The minimum absolute atomic E-state index is 0.0428. The summed E-state index contributed by atoms with van der Waals surface area (Å²) < 4.78 is 5.57. The molecule has 0 aliphatic carbocycles. The van der Waals surface area contributed by atoms with E-state index < -0.39 is 4.92 Å². The predicted molar refractivity (Wildman–Crippen MR) is 77.1 cm³/mol. The van der Waals surface area contributed by atoms with Crippen molar-refractivity contribution in [2.24, 2.45) is 10.9 Å². The molecule has 0 unspecified atom stereocenters. The van der Waals surface area contributed by atoms with Gasteiger partial charge in [0.2, 0.25) is 0 Å². The van der Waals surface area contributed by atoms with Crippen LogP contribution in [-0.4, -0.2) is 16.0 Å². The Kier molecular flexibility index (Phi) is 4.24. The Morgan fingerprint density at radius 2 is 2.05 bits per heavy atom. The van der Waals surface area contributed by atoms with Gasteiger partial charge in [-0.2, -0.15) is 0 Å². The van der Waals surface area contributed by atoms with E-state index in [1.165, 1.54) is 18.2 Å². The first kappa shape index (κ1) is 14.6. The number of halogens is 1. The summed E-state index contributed by atoms with van der Waals surface area (Å²) in [6.07, 6.45) is 0. The molecule has 0 aromatic heterocycles. The lowest BCUT2D eigenvalue weighted by Crippen LogP contribution is -2.14. The normalized spacial score (nSPS) is 11.2. The monoisotopic (exact) mass is 307 g/mol. The lowest BCUT2D eigenvalue weighted by atomic mass is 10.2. The first-order valence-electron chi connectivity index (χ1n) is 5.71. The van der Waals surface area contributed by atoms with Gasteiger partial charge >= 0.3 is 0 Å². The molecule has 0 heterocycles. The number of benzene rings is 2. The second-order valence-corrected chi connectivity index (χ2v) is 4.36. The highest BCUT2D eigenvalue weighted by Crippen LogP contribution is 2.32. The summed E-state index contributed by atoms with van der Waals surface area (Å²) >= 11 is 5.81. The Balaban J connectivity index is 2.35. The Bertz CT molecular complexity index is 718. The molecule has 2 aromatic carbocycles. The van der Waals surface area contributed by atoms with E-state index in [0.29, 0.717) is 17.1 Å². The largest absolute Gasteiger partial charge is 0.457 e. The van der Waals surface area contributed by atoms with Crippen LogP contribution in [0, 0.1) is 10.1 Å². The molecule has 2 aromatic rings. The molecule has 0 radical (unpaired) electrons. The third-order valence-corrected chi connectivity index (χ3v) is 2.92. The first-order valence-corrected chi connectivity index (χ1v) is 6.09. The summed E-state index contributed by atoms with van der Waals surface area (Å²) in [6.45, 7) is 0. The van der Waals surface area contributed by atoms with Crippen molar-refractivity contribution in [2.45, 2.75) is 0 Å². The molecule has 21 heavy (non-hydrogen) atoms. The number of nitro benzene ring substituents is 1. The molecule has 3 N–H and O–H groups in total. The SMILES string of the molecule is NC(=NO)c1ccccc1Oc1ccc([N+](=O)[O-])c(Cl)c1. The van der Waals surface area contributed by atoms with Gasteiger partial charge in [-0.05, 0) is 18.2 Å². The minimum atomic E-state index is -0.587. The van der Waals surface area contributed by atoms with Crippen molar-refractivity contribution in [1.29, 1.82) is 0 Å². The summed E-state index contributed by atoms with van der Waals surface area (Å²) in [4.78, 5) is 10.1. The number of hydrogen-bond donors (Lipinski definition) is 2. The van der Waals surface area contributed by atoms with E-state index in [0.717, 1.165) is 0 Å². The summed E-state index contributed by atoms with van der Waals surface area (Å²) in [5.41, 5.74) is 5.72. The highest BCUT2D eigenvalue weighted by Gasteiger charge is 2.14. The number of ether oxygens (including phenoxy) is 1. The van der Waals surface area contributed by atoms with Crippen LogP contribution in [0.4, 0.5) is 5.69 Å². The van der Waals surface area contributed by atoms with Gasteiger partial charge in [0.1, 0.15) is 16.5 Å². The van der Waals surface area contributed by atoms with E-state index in [4.69, 9.17) is 27.3 Å². The van der Waals surface area contributed by atoms with Crippen LogP contribution >= 0.6 is 11.6 Å². The van der Waals surface area contributed by atoms with Crippen LogP contribution in [0.1, 0.15) is 5.56 Å². The molecule has 8 heteroatoms. The fourth-order valence-electron chi connectivity index (χ4n) is 1.65. The van der Waals surface area contributed by atoms with Crippen LogP contribution in [0.3, 0.4) is 0 Å². The lowest BCUT2D eigenvalue weighted by Gasteiger charge is -2.10. The summed E-state index contributed by atoms with van der Waals surface area (Å²) in [6, 6.07) is 10.6. The topological polar surface area (TPSA) is 111 Å². The number of nitrogens with zero attached hydrogens (tertiary/aromatic N) is 2. The number of para-hydroxylation sites is 1. The van der Waals surface area contributed by atoms with Gasteiger partial charge in [-0.25, -0.2) is 0 Å². The van der Waals surface area contributed by atoms with Crippen LogP contribution in [-0.2, 0) is 0 Å². The first-order chi connectivity index (χ1) is 10.0. The minimum Gasteiger partial charge on any atom is -0.457 e. The van der Waals surface area contributed by atoms with Crippen molar-refractivity contribution in [3.63, 3.8) is 0 Å². The number of oxime groups is 1. The van der Waals surface area contributed by atoms with Crippen LogP contribution in [0.5, 0.6) is 11.5 Å². The number of nitro groups is 1. The van der Waals surface area contributed by atoms with E-state index in [1.807, 2.05) is 0 Å². The Labute approximate surface area is 124 Å². The number of amidine groups is 1. The van der Waals surface area contributed by atoms with Gasteiger partial charge in [0, 0.05) is 12.1 Å². The van der Waals surface area contributed by atoms with E-state index in [-0.39, 0.29) is 16.5 Å². The van der Waals surface area contributed by atoms with Crippen molar-refractivity contribution < 1.29 is 14.9 Å². The average molecular weight is 308 g/mol. The van der Waals surface area contributed by atoms with Crippen molar-refractivity contribution >= 4 is 23.1 Å². The van der Waals surface area contributed by atoms with Crippen molar-refractivity contribution in [2.75, 3.05) is 0 Å². The standard InChI is InChI=1S/C13H10ClN3O4/c14-10-7-8(5-6-11(10)17(19)20)21-12-4-2-1-3-9(12)13(15)16-18/h1-7,18H,(H2,15,16). The molecule has 0 aliphatic heterocycles. The quantitative estimate of drug-likeness (QED) is 0.296. The molecular formula is C13H10ClN3O4. The lowest BCUT2D eigenvalue weighted by molar-refractivity contribution is -0.384. The number of rotatable bonds is 4. The highest BCUT2D eigenvalue weighted by molar-refractivity contribution is 6.32. The molecule has 108 valence electrons. The van der Waals surface area contributed by atoms with Crippen molar-refractivity contribution in [1.82, 2.24) is 0 Å². The molecule has 0 saturated carbocycles. The molecule has 0 bridgehead atoms. The van der Waals surface area contributed by atoms with Gasteiger partial charge in [-0.3, -0.25) is 10.1 Å². The molecule has 2 rings (SSSR count). The summed E-state index contributed by atoms with van der Waals surface area (Å²) in [5.74, 6) is 0.514. The molecule has 7 nitrogen and oxygen atoms in total. The van der Waals surface area contributed by atoms with Gasteiger partial charge in [0.25, 0.3) is 5.69 Å². The molecule has 0 atom stereocenters. The number of nitrogens with two attached hydrogens (primary N) is 1. The van der Waals surface area contributed by atoms with Gasteiger partial charge in [-0.15, -0.1) is 0 Å². The van der Waals surface area contributed by atoms with E-state index >= 15 is 0 Å². The summed E-state index contributed by atoms with van der Waals surface area (Å²) in [5, 5.41) is 22.3. The average Bonchev–Trinajstić information content (AvgIpc) is 2.46. The molecule has 0 aliphatic rings. The zero-order valence-corrected chi connectivity index (χ0v) is 11.3. The maximum absolute atomic E-state index is 10.7. The van der Waals surface area contributed by atoms with Crippen molar-refractivity contribution in [3.05, 3.63) is 63.2 Å². The van der Waals surface area contributed by atoms with E-state index in [1.54, 1.807) is 24.3 Å². The molecular weight excluding hydrogens is 298 g/mol. The Morgan fingerprint density at radius 3 is 2.67 bits per heavy atom. The maximum atomic E-state index is 10.7. The second-order valence-electron chi connectivity index (χ2n) is 3.95. The molecule has 0 amide bonds. The van der Waals surface area contributed by atoms with Crippen LogP contribution < -0.4 is 10.5 Å². The van der Waals surface area contributed by atoms with E-state index in [2.05, 4.69) is 5.16 Å². The number of hydrogen-bond acceptors (Lipinski definition) is 5. The maximum Gasteiger partial charge on any atom is 0.288 e. The smallest absolute Gasteiger partial charge is 0.288 e. The zero-order chi connectivity index (χ0) is 15.4. The summed E-state index contributed by atoms with van der Waals surface area (Å²) in [7, 11) is 0. The van der Waals surface area contributed by atoms with Gasteiger partial charge in [0.15, 0.2) is 5.84 Å². The third kappa shape index (κ3) is 3.21. The second kappa shape index (κ2) is 6.10. The third-order valence-electron chi connectivity index (χ3n) is 2.61. The fourth-order valence-corrected chi connectivity index (χ4v) is 1.89. The molecule has 0 fully saturated rings. The highest BCUT2D eigenvalue weighted by atomic mass is 35.5. The Hall–Kier alpha value is -2.80. The van der Waals surface area contributed by atoms with Gasteiger partial charge in [0.05, 0.1) is 10.5 Å². The molecule has 0 saturated heterocycles. The zero-order valence-electron chi connectivity index (χ0n) is 10.6. The van der Waals surface area contributed by atoms with Gasteiger partial charge in [-0.1, -0.05) is 28.9 Å². The van der Waals surface area contributed by atoms with E-state index in [9.17, 15) is 10.1 Å². The van der Waals surface area contributed by atoms with Crippen LogP contribution in [0.25, 0.3) is 0 Å². The van der Waals surface area contributed by atoms with Crippen LogP contribution in [0.2, 0.25) is 5.02 Å². The molecule has 0 spiro atoms.